The highest BCUT2D eigenvalue weighted by Crippen LogP contribution is 2.09. The van der Waals surface area contributed by atoms with Crippen molar-refractivity contribution in [2.24, 2.45) is 0 Å². The van der Waals surface area contributed by atoms with E-state index in [0.717, 1.165) is 13.0 Å². The maximum absolute atomic E-state index is 11.9. The van der Waals surface area contributed by atoms with Crippen molar-refractivity contribution in [1.29, 1.82) is 0 Å². The Labute approximate surface area is 110 Å². The number of nitrogens with zero attached hydrogens (tertiary/aromatic N) is 3. The zero-order chi connectivity index (χ0) is 13.7. The van der Waals surface area contributed by atoms with E-state index >= 15 is 0 Å². The fourth-order valence-electron chi connectivity index (χ4n) is 1.39. The Hall–Kier alpha value is -2.44. The molecule has 2 aromatic heterocycles. The summed E-state index contributed by atoms with van der Waals surface area (Å²) in [5, 5.41) is 9.31. The quantitative estimate of drug-likeness (QED) is 0.853. The van der Waals surface area contributed by atoms with Gasteiger partial charge in [-0.2, -0.15) is 0 Å². The van der Waals surface area contributed by atoms with Crippen LogP contribution < -0.4 is 10.6 Å². The van der Waals surface area contributed by atoms with E-state index in [1.165, 1.54) is 12.4 Å². The Kier molecular flexibility index (Phi) is 4.07. The molecule has 0 aromatic carbocycles. The molecule has 1 amide bonds. The van der Waals surface area contributed by atoms with Gasteiger partial charge in [0.05, 0.1) is 5.56 Å². The summed E-state index contributed by atoms with van der Waals surface area (Å²) in [7, 11) is 0. The normalized spacial score (nSPS) is 10.2. The Balaban J connectivity index is 1.99. The number of aryl methyl sites for hydroxylation is 1. The van der Waals surface area contributed by atoms with Crippen molar-refractivity contribution in [1.82, 2.24) is 15.1 Å². The summed E-state index contributed by atoms with van der Waals surface area (Å²) in [4.78, 5) is 20.0. The summed E-state index contributed by atoms with van der Waals surface area (Å²) in [6, 6.07) is 1.63. The molecule has 0 unspecified atom stereocenters. The van der Waals surface area contributed by atoms with Gasteiger partial charge in [0.25, 0.3) is 5.91 Å². The molecule has 0 atom stereocenters. The zero-order valence-electron chi connectivity index (χ0n) is 10.8. The number of nitrogens with one attached hydrogen (secondary N) is 2. The highest BCUT2D eigenvalue weighted by atomic mass is 16.5. The van der Waals surface area contributed by atoms with Gasteiger partial charge < -0.3 is 15.2 Å². The molecule has 0 spiro atoms. The van der Waals surface area contributed by atoms with Crippen LogP contribution in [0.15, 0.2) is 23.0 Å². The standard InChI is InChI=1S/C12H15N5O2/c1-3-4-13-12-14-6-9(7-15-12)11(18)16-10-5-8(2)19-17-10/h5-7H,3-4H2,1-2H3,(H,13,14,15)(H,16,17,18). The summed E-state index contributed by atoms with van der Waals surface area (Å²) >= 11 is 0. The molecular formula is C12H15N5O2. The molecule has 2 rings (SSSR count). The molecule has 2 heterocycles. The van der Waals surface area contributed by atoms with Gasteiger partial charge in [-0.3, -0.25) is 4.79 Å². The maximum atomic E-state index is 11.9. The van der Waals surface area contributed by atoms with Gasteiger partial charge >= 0.3 is 0 Å². The first-order valence-corrected chi connectivity index (χ1v) is 5.99. The summed E-state index contributed by atoms with van der Waals surface area (Å²) in [6.07, 6.45) is 3.91. The average molecular weight is 261 g/mol. The molecular weight excluding hydrogens is 246 g/mol. The van der Waals surface area contributed by atoms with E-state index < -0.39 is 0 Å². The van der Waals surface area contributed by atoms with E-state index in [2.05, 4.69) is 32.7 Å². The predicted octanol–water partition coefficient (Wildman–Crippen LogP) is 1.85. The van der Waals surface area contributed by atoms with Crippen molar-refractivity contribution in [2.45, 2.75) is 20.3 Å². The van der Waals surface area contributed by atoms with Crippen LogP contribution in [0.2, 0.25) is 0 Å². The van der Waals surface area contributed by atoms with Crippen LogP contribution in [-0.4, -0.2) is 27.6 Å². The van der Waals surface area contributed by atoms with Crippen LogP contribution in [-0.2, 0) is 0 Å². The zero-order valence-corrected chi connectivity index (χ0v) is 10.8. The first-order chi connectivity index (χ1) is 9.19. The minimum Gasteiger partial charge on any atom is -0.360 e. The predicted molar refractivity (Wildman–Crippen MR) is 70.0 cm³/mol. The smallest absolute Gasteiger partial charge is 0.260 e. The van der Waals surface area contributed by atoms with E-state index in [1.807, 2.05) is 0 Å². The molecule has 0 saturated carbocycles. The first kappa shape index (κ1) is 13.0. The minimum absolute atomic E-state index is 0.324. The van der Waals surface area contributed by atoms with E-state index in [9.17, 15) is 4.79 Å². The molecule has 7 nitrogen and oxygen atoms in total. The molecule has 2 aromatic rings. The second kappa shape index (κ2) is 5.94. The van der Waals surface area contributed by atoms with Crippen molar-refractivity contribution < 1.29 is 9.32 Å². The lowest BCUT2D eigenvalue weighted by molar-refractivity contribution is 0.102. The number of aromatic nitrogens is 3. The van der Waals surface area contributed by atoms with E-state index in [-0.39, 0.29) is 5.91 Å². The first-order valence-electron chi connectivity index (χ1n) is 5.99. The summed E-state index contributed by atoms with van der Waals surface area (Å²) in [5.74, 6) is 1.19. The fraction of sp³-hybridized carbons (Fsp3) is 0.333. The number of carbonyl (C=O) groups is 1. The Bertz CT molecular complexity index is 550. The molecule has 0 saturated heterocycles. The number of amides is 1. The maximum Gasteiger partial charge on any atom is 0.260 e. The molecule has 0 aliphatic rings. The summed E-state index contributed by atoms with van der Waals surface area (Å²) < 4.78 is 4.86. The lowest BCUT2D eigenvalue weighted by atomic mass is 10.3. The van der Waals surface area contributed by atoms with Crippen LogP contribution in [0, 0.1) is 6.92 Å². The third-order valence-corrected chi connectivity index (χ3v) is 2.32. The molecule has 7 heteroatoms. The van der Waals surface area contributed by atoms with Gasteiger partial charge in [-0.15, -0.1) is 0 Å². The highest BCUT2D eigenvalue weighted by Gasteiger charge is 2.09. The van der Waals surface area contributed by atoms with Crippen molar-refractivity contribution in [2.75, 3.05) is 17.2 Å². The van der Waals surface area contributed by atoms with Gasteiger partial charge in [0, 0.05) is 25.0 Å². The molecule has 0 fully saturated rings. The van der Waals surface area contributed by atoms with Gasteiger partial charge in [0.2, 0.25) is 5.95 Å². The number of carbonyl (C=O) groups excluding carboxylic acids is 1. The SMILES string of the molecule is CCCNc1ncc(C(=O)Nc2cc(C)on2)cn1. The second-order valence-corrected chi connectivity index (χ2v) is 4.00. The number of anilines is 2. The van der Waals surface area contributed by atoms with Crippen LogP contribution in [0.25, 0.3) is 0 Å². The molecule has 0 aliphatic heterocycles. The Morgan fingerprint density at radius 2 is 2.11 bits per heavy atom. The Morgan fingerprint density at radius 3 is 2.68 bits per heavy atom. The van der Waals surface area contributed by atoms with Crippen LogP contribution in [0.4, 0.5) is 11.8 Å². The van der Waals surface area contributed by atoms with Gasteiger partial charge in [-0.05, 0) is 13.3 Å². The Morgan fingerprint density at radius 1 is 1.37 bits per heavy atom. The van der Waals surface area contributed by atoms with Gasteiger partial charge in [-0.25, -0.2) is 9.97 Å². The molecule has 0 radical (unpaired) electrons. The summed E-state index contributed by atoms with van der Waals surface area (Å²) in [5.41, 5.74) is 0.364. The minimum atomic E-state index is -0.324. The van der Waals surface area contributed by atoms with Crippen molar-refractivity contribution in [3.05, 3.63) is 29.8 Å². The van der Waals surface area contributed by atoms with E-state index in [1.54, 1.807) is 13.0 Å². The molecule has 100 valence electrons. The second-order valence-electron chi connectivity index (χ2n) is 4.00. The topological polar surface area (TPSA) is 92.9 Å². The monoisotopic (exact) mass is 261 g/mol. The van der Waals surface area contributed by atoms with Crippen LogP contribution in [0.3, 0.4) is 0 Å². The molecule has 2 N–H and O–H groups in total. The van der Waals surface area contributed by atoms with E-state index in [4.69, 9.17) is 4.52 Å². The third-order valence-electron chi connectivity index (χ3n) is 2.32. The lowest BCUT2D eigenvalue weighted by Crippen LogP contribution is -2.13. The third kappa shape index (κ3) is 3.51. The molecule has 19 heavy (non-hydrogen) atoms. The lowest BCUT2D eigenvalue weighted by Gasteiger charge is -2.03. The number of hydrogen-bond acceptors (Lipinski definition) is 6. The van der Waals surface area contributed by atoms with Crippen molar-refractivity contribution in [3.8, 4) is 0 Å². The van der Waals surface area contributed by atoms with Crippen LogP contribution in [0.5, 0.6) is 0 Å². The van der Waals surface area contributed by atoms with Gasteiger partial charge in [0.15, 0.2) is 5.82 Å². The largest absolute Gasteiger partial charge is 0.360 e. The van der Waals surface area contributed by atoms with Crippen LogP contribution >= 0.6 is 0 Å². The summed E-state index contributed by atoms with van der Waals surface area (Å²) in [6.45, 7) is 4.60. The number of hydrogen-bond donors (Lipinski definition) is 2. The molecule has 0 aliphatic carbocycles. The van der Waals surface area contributed by atoms with Gasteiger partial charge in [0.1, 0.15) is 5.76 Å². The van der Waals surface area contributed by atoms with E-state index in [0.29, 0.717) is 23.1 Å². The average Bonchev–Trinajstić information content (AvgIpc) is 2.82. The van der Waals surface area contributed by atoms with Crippen molar-refractivity contribution in [3.63, 3.8) is 0 Å². The molecule has 0 bridgehead atoms. The van der Waals surface area contributed by atoms with Crippen LogP contribution in [0.1, 0.15) is 29.5 Å². The van der Waals surface area contributed by atoms with Gasteiger partial charge in [-0.1, -0.05) is 12.1 Å². The number of rotatable bonds is 5. The van der Waals surface area contributed by atoms with Crippen molar-refractivity contribution >= 4 is 17.7 Å². The fourth-order valence-corrected chi connectivity index (χ4v) is 1.39. The highest BCUT2D eigenvalue weighted by molar-refractivity contribution is 6.03.